The molecule has 1 saturated carbocycles. The van der Waals surface area contributed by atoms with E-state index >= 15 is 0 Å². The molecule has 2 atom stereocenters. The molecule has 0 amide bonds. The zero-order chi connectivity index (χ0) is 16.5. The van der Waals surface area contributed by atoms with Crippen LogP contribution in [-0.4, -0.2) is 12.1 Å². The maximum Gasteiger partial charge on any atom is 0.426 e. The minimum atomic E-state index is -4.58. The summed E-state index contributed by atoms with van der Waals surface area (Å²) in [5.74, 6) is -1.67. The van der Waals surface area contributed by atoms with Crippen molar-refractivity contribution in [1.29, 1.82) is 0 Å². The summed E-state index contributed by atoms with van der Waals surface area (Å²) < 4.78 is 42.6. The Balaban J connectivity index is 1.99. The molecule has 2 unspecified atom stereocenters. The van der Waals surface area contributed by atoms with Gasteiger partial charge < -0.3 is 4.74 Å². The van der Waals surface area contributed by atoms with Crippen LogP contribution in [0, 0.1) is 17.3 Å². The third-order valence-corrected chi connectivity index (χ3v) is 4.33. The lowest BCUT2D eigenvalue weighted by atomic mass is 10.1. The largest absolute Gasteiger partial charge is 0.461 e. The number of alkyl halides is 3. The zero-order valence-corrected chi connectivity index (χ0v) is 12.9. The Morgan fingerprint density at radius 3 is 2.45 bits per heavy atom. The molecule has 1 fully saturated rings. The predicted octanol–water partition coefficient (Wildman–Crippen LogP) is 4.69. The molecule has 0 bridgehead atoms. The second kappa shape index (κ2) is 5.95. The van der Waals surface area contributed by atoms with Crippen LogP contribution >= 0.6 is 11.6 Å². The molecule has 2 rings (SSSR count). The number of benzene rings is 1. The summed E-state index contributed by atoms with van der Waals surface area (Å²) in [5, 5.41) is -1.19. The van der Waals surface area contributed by atoms with Gasteiger partial charge in [-0.25, -0.2) is 0 Å². The number of halogens is 4. The van der Waals surface area contributed by atoms with E-state index in [1.165, 1.54) is 0 Å². The van der Waals surface area contributed by atoms with E-state index < -0.39 is 34.4 Å². The van der Waals surface area contributed by atoms with Crippen LogP contribution in [0.1, 0.15) is 19.4 Å². The van der Waals surface area contributed by atoms with Crippen LogP contribution in [0.3, 0.4) is 0 Å². The Bertz CT molecular complexity index is 579. The Morgan fingerprint density at radius 1 is 1.32 bits per heavy atom. The van der Waals surface area contributed by atoms with Gasteiger partial charge in [0.05, 0.1) is 5.92 Å². The molecule has 120 valence electrons. The summed E-state index contributed by atoms with van der Waals surface area (Å²) in [7, 11) is 0. The molecule has 2 nitrogen and oxygen atoms in total. The molecule has 0 radical (unpaired) electrons. The Labute approximate surface area is 131 Å². The van der Waals surface area contributed by atoms with Gasteiger partial charge in [-0.2, -0.15) is 13.2 Å². The molecular formula is C16H16ClF3O2. The molecule has 0 aromatic heterocycles. The molecular weight excluding hydrogens is 317 g/mol. The van der Waals surface area contributed by atoms with Crippen molar-refractivity contribution in [3.63, 3.8) is 0 Å². The minimum Gasteiger partial charge on any atom is -0.461 e. The Morgan fingerprint density at radius 2 is 1.91 bits per heavy atom. The molecule has 0 spiro atoms. The number of hydrogen-bond donors (Lipinski definition) is 0. The van der Waals surface area contributed by atoms with Crippen LogP contribution in [0.4, 0.5) is 13.2 Å². The van der Waals surface area contributed by atoms with Crippen molar-refractivity contribution in [3.05, 3.63) is 47.0 Å². The lowest BCUT2D eigenvalue weighted by molar-refractivity contribution is -0.147. The summed E-state index contributed by atoms with van der Waals surface area (Å²) in [6.07, 6.45) is -3.67. The standard InChI is InChI=1S/C16H16ClF3O2/c1-15(2)11(8-12(17)16(18,19)20)13(15)14(21)22-9-10-6-4-3-5-7-10/h3-8,11,13H,9H2,1-2H3/b12-8+. The number of carbonyl (C=O) groups excluding carboxylic acids is 1. The zero-order valence-electron chi connectivity index (χ0n) is 12.2. The molecule has 0 N–H and O–H groups in total. The van der Waals surface area contributed by atoms with Gasteiger partial charge >= 0.3 is 12.1 Å². The van der Waals surface area contributed by atoms with E-state index in [2.05, 4.69) is 0 Å². The first-order valence-electron chi connectivity index (χ1n) is 6.79. The highest BCUT2D eigenvalue weighted by Crippen LogP contribution is 2.60. The first-order chi connectivity index (χ1) is 10.1. The second-order valence-corrected chi connectivity index (χ2v) is 6.34. The molecule has 1 aliphatic carbocycles. The van der Waals surface area contributed by atoms with Gasteiger partial charge in [0, 0.05) is 0 Å². The van der Waals surface area contributed by atoms with Gasteiger partial charge in [0.25, 0.3) is 0 Å². The molecule has 1 aromatic rings. The van der Waals surface area contributed by atoms with Crippen LogP contribution in [0.15, 0.2) is 41.4 Å². The van der Waals surface area contributed by atoms with E-state index in [4.69, 9.17) is 16.3 Å². The van der Waals surface area contributed by atoms with E-state index in [-0.39, 0.29) is 6.61 Å². The summed E-state index contributed by atoms with van der Waals surface area (Å²) in [4.78, 5) is 12.1. The van der Waals surface area contributed by atoms with Gasteiger partial charge in [0.15, 0.2) is 0 Å². The highest BCUT2D eigenvalue weighted by molar-refractivity contribution is 6.30. The number of carbonyl (C=O) groups is 1. The monoisotopic (exact) mass is 332 g/mol. The average molecular weight is 333 g/mol. The van der Waals surface area contributed by atoms with Crippen molar-refractivity contribution in [2.75, 3.05) is 0 Å². The number of allylic oxidation sites excluding steroid dienone is 2. The SMILES string of the molecule is CC1(C)C(/C=C(/Cl)C(F)(F)F)C1C(=O)OCc1ccccc1. The van der Waals surface area contributed by atoms with E-state index in [0.717, 1.165) is 11.6 Å². The summed E-state index contributed by atoms with van der Waals surface area (Å²) in [6.45, 7) is 3.56. The normalized spacial score (nSPS) is 24.0. The maximum absolute atomic E-state index is 12.5. The van der Waals surface area contributed by atoms with Crippen molar-refractivity contribution in [2.45, 2.75) is 26.6 Å². The first kappa shape index (κ1) is 16.9. The van der Waals surface area contributed by atoms with Gasteiger partial charge in [-0.3, -0.25) is 4.79 Å². The second-order valence-electron chi connectivity index (χ2n) is 5.93. The third kappa shape index (κ3) is 3.64. The van der Waals surface area contributed by atoms with E-state index in [1.54, 1.807) is 13.8 Å². The molecule has 6 heteroatoms. The van der Waals surface area contributed by atoms with Crippen LogP contribution in [0.25, 0.3) is 0 Å². The lowest BCUT2D eigenvalue weighted by Crippen LogP contribution is -2.11. The van der Waals surface area contributed by atoms with Crippen LogP contribution in [-0.2, 0) is 16.1 Å². The number of ether oxygens (including phenoxy) is 1. The van der Waals surface area contributed by atoms with Crippen LogP contribution < -0.4 is 0 Å². The Hall–Kier alpha value is -1.49. The van der Waals surface area contributed by atoms with Crippen LogP contribution in [0.2, 0.25) is 0 Å². The van der Waals surface area contributed by atoms with Crippen molar-refractivity contribution < 1.29 is 22.7 Å². The van der Waals surface area contributed by atoms with Gasteiger partial charge in [-0.1, -0.05) is 61.9 Å². The van der Waals surface area contributed by atoms with E-state index in [0.29, 0.717) is 0 Å². The summed E-state index contributed by atoms with van der Waals surface area (Å²) in [6, 6.07) is 9.10. The van der Waals surface area contributed by atoms with E-state index in [1.807, 2.05) is 30.3 Å². The molecule has 0 saturated heterocycles. The number of hydrogen-bond acceptors (Lipinski definition) is 2. The highest BCUT2D eigenvalue weighted by atomic mass is 35.5. The predicted molar refractivity (Wildman–Crippen MR) is 77.0 cm³/mol. The van der Waals surface area contributed by atoms with Gasteiger partial charge in [-0.05, 0) is 16.9 Å². The molecule has 0 heterocycles. The third-order valence-electron chi connectivity index (χ3n) is 3.99. The van der Waals surface area contributed by atoms with Crippen molar-refractivity contribution in [2.24, 2.45) is 17.3 Å². The summed E-state index contributed by atoms with van der Waals surface area (Å²) in [5.41, 5.74) is 0.244. The fourth-order valence-corrected chi connectivity index (χ4v) is 2.65. The average Bonchev–Trinajstić information content (AvgIpc) is 2.97. The fraction of sp³-hybridized carbons (Fsp3) is 0.438. The highest BCUT2D eigenvalue weighted by Gasteiger charge is 2.62. The first-order valence-corrected chi connectivity index (χ1v) is 7.17. The van der Waals surface area contributed by atoms with Gasteiger partial charge in [0.2, 0.25) is 0 Å². The van der Waals surface area contributed by atoms with Gasteiger partial charge in [-0.15, -0.1) is 0 Å². The molecule has 0 aliphatic heterocycles. The molecule has 22 heavy (non-hydrogen) atoms. The van der Waals surface area contributed by atoms with Gasteiger partial charge in [0.1, 0.15) is 11.6 Å². The van der Waals surface area contributed by atoms with Crippen LogP contribution in [0.5, 0.6) is 0 Å². The minimum absolute atomic E-state index is 0.107. The van der Waals surface area contributed by atoms with Crippen molar-refractivity contribution >= 4 is 17.6 Å². The maximum atomic E-state index is 12.5. The smallest absolute Gasteiger partial charge is 0.426 e. The van der Waals surface area contributed by atoms with E-state index in [9.17, 15) is 18.0 Å². The quantitative estimate of drug-likeness (QED) is 0.748. The Kier molecular flexibility index (Phi) is 4.57. The van der Waals surface area contributed by atoms with Crippen molar-refractivity contribution in [1.82, 2.24) is 0 Å². The van der Waals surface area contributed by atoms with Crippen molar-refractivity contribution in [3.8, 4) is 0 Å². The lowest BCUT2D eigenvalue weighted by Gasteiger charge is -2.05. The number of rotatable bonds is 4. The molecule has 1 aliphatic rings. The topological polar surface area (TPSA) is 26.3 Å². The summed E-state index contributed by atoms with van der Waals surface area (Å²) >= 11 is 5.25. The number of esters is 1. The molecule has 1 aromatic carbocycles. The fourth-order valence-electron chi connectivity index (χ4n) is 2.51.